The molecule has 10 heteroatoms. The van der Waals surface area contributed by atoms with E-state index in [1.807, 2.05) is 6.07 Å². The number of likely N-dealkylation sites (N-methyl/N-ethyl adjacent to an activating group) is 1. The number of halogens is 1. The number of carbonyl (C=O) groups is 2. The number of benzene rings is 2. The number of anilines is 1. The fourth-order valence-corrected chi connectivity index (χ4v) is 4.06. The molecule has 4 aromatic rings. The van der Waals surface area contributed by atoms with Gasteiger partial charge in [-0.2, -0.15) is 5.10 Å². The van der Waals surface area contributed by atoms with Crippen LogP contribution in [-0.4, -0.2) is 46.3 Å². The number of nitrogens with zero attached hydrogens (tertiary/aromatic N) is 4. The van der Waals surface area contributed by atoms with Crippen molar-refractivity contribution in [2.75, 3.05) is 18.6 Å². The Labute approximate surface area is 222 Å². The molecule has 1 aliphatic rings. The highest BCUT2D eigenvalue weighted by molar-refractivity contribution is 6.02. The molecule has 0 radical (unpaired) electrons. The summed E-state index contributed by atoms with van der Waals surface area (Å²) in [7, 11) is 1.56. The molecule has 1 N–H and O–H groups in total. The first-order valence-corrected chi connectivity index (χ1v) is 11.9. The van der Waals surface area contributed by atoms with Crippen LogP contribution in [0.4, 0.5) is 10.1 Å². The maximum Gasteiger partial charge on any atom is 0.276 e. The SMILES string of the molecule is Cc1cc(=O)c(C(=O)N[C@H]2COc3ccc(C#Cc4cccnc4)cc3N(C)C2=O)nn1-c1cccc(F)c1. The summed E-state index contributed by atoms with van der Waals surface area (Å²) in [6, 6.07) is 14.6. The molecule has 39 heavy (non-hydrogen) atoms. The van der Waals surface area contributed by atoms with Crippen LogP contribution in [0.3, 0.4) is 0 Å². The molecule has 0 unspecified atom stereocenters. The topological polar surface area (TPSA) is 106 Å². The van der Waals surface area contributed by atoms with E-state index in [1.165, 1.54) is 33.8 Å². The van der Waals surface area contributed by atoms with E-state index in [0.29, 0.717) is 28.4 Å². The molecule has 1 aliphatic heterocycles. The Bertz CT molecular complexity index is 1710. The van der Waals surface area contributed by atoms with Gasteiger partial charge in [-0.15, -0.1) is 0 Å². The number of aryl methyl sites for hydroxylation is 1. The minimum Gasteiger partial charge on any atom is -0.489 e. The normalized spacial score (nSPS) is 14.4. The molecule has 2 amide bonds. The van der Waals surface area contributed by atoms with Crippen LogP contribution >= 0.6 is 0 Å². The molecule has 2 aromatic carbocycles. The number of carbonyl (C=O) groups excluding carboxylic acids is 2. The van der Waals surface area contributed by atoms with Crippen molar-refractivity contribution in [3.05, 3.63) is 112 Å². The van der Waals surface area contributed by atoms with Crippen molar-refractivity contribution in [2.45, 2.75) is 13.0 Å². The zero-order chi connectivity index (χ0) is 27.5. The van der Waals surface area contributed by atoms with Gasteiger partial charge in [0, 0.05) is 42.3 Å². The molecular formula is C29H22FN5O4. The fourth-order valence-electron chi connectivity index (χ4n) is 4.06. The van der Waals surface area contributed by atoms with Crippen molar-refractivity contribution >= 4 is 17.5 Å². The summed E-state index contributed by atoms with van der Waals surface area (Å²) in [6.07, 6.45) is 3.31. The molecule has 1 atom stereocenters. The summed E-state index contributed by atoms with van der Waals surface area (Å²) >= 11 is 0. The molecule has 2 aromatic heterocycles. The van der Waals surface area contributed by atoms with Crippen LogP contribution in [0.15, 0.2) is 77.9 Å². The molecule has 3 heterocycles. The molecule has 0 saturated heterocycles. The lowest BCUT2D eigenvalue weighted by Crippen LogP contribution is -2.50. The largest absolute Gasteiger partial charge is 0.489 e. The van der Waals surface area contributed by atoms with E-state index in [-0.39, 0.29) is 6.61 Å². The third-order valence-electron chi connectivity index (χ3n) is 6.05. The van der Waals surface area contributed by atoms with Crippen LogP contribution in [0.1, 0.15) is 27.3 Å². The molecular weight excluding hydrogens is 501 g/mol. The van der Waals surface area contributed by atoms with Crippen molar-refractivity contribution in [3.63, 3.8) is 0 Å². The lowest BCUT2D eigenvalue weighted by atomic mass is 10.1. The number of rotatable bonds is 3. The molecule has 0 aliphatic carbocycles. The number of fused-ring (bicyclic) bond motifs is 1. The predicted octanol–water partition coefficient (Wildman–Crippen LogP) is 2.63. The van der Waals surface area contributed by atoms with Gasteiger partial charge in [0.25, 0.3) is 11.8 Å². The minimum absolute atomic E-state index is 0.160. The number of ether oxygens (including phenoxy) is 1. The highest BCUT2D eigenvalue weighted by Crippen LogP contribution is 2.31. The van der Waals surface area contributed by atoms with Gasteiger partial charge >= 0.3 is 0 Å². The molecule has 0 saturated carbocycles. The second-order valence-corrected chi connectivity index (χ2v) is 8.80. The lowest BCUT2D eigenvalue weighted by molar-refractivity contribution is -0.120. The predicted molar refractivity (Wildman–Crippen MR) is 141 cm³/mol. The van der Waals surface area contributed by atoms with Crippen LogP contribution in [0.5, 0.6) is 5.75 Å². The van der Waals surface area contributed by atoms with Crippen molar-refractivity contribution in [1.29, 1.82) is 0 Å². The third kappa shape index (κ3) is 5.38. The Morgan fingerprint density at radius 2 is 1.90 bits per heavy atom. The van der Waals surface area contributed by atoms with E-state index in [2.05, 4.69) is 27.2 Å². The summed E-state index contributed by atoms with van der Waals surface area (Å²) < 4.78 is 20.9. The van der Waals surface area contributed by atoms with E-state index >= 15 is 0 Å². The molecule has 0 bridgehead atoms. The van der Waals surface area contributed by atoms with E-state index in [9.17, 15) is 18.8 Å². The van der Waals surface area contributed by atoms with Gasteiger partial charge in [-0.1, -0.05) is 17.9 Å². The van der Waals surface area contributed by atoms with E-state index in [4.69, 9.17) is 4.74 Å². The van der Waals surface area contributed by atoms with Gasteiger partial charge < -0.3 is 15.0 Å². The summed E-state index contributed by atoms with van der Waals surface area (Å²) in [5.74, 6) is 4.71. The van der Waals surface area contributed by atoms with Crippen LogP contribution < -0.4 is 20.4 Å². The van der Waals surface area contributed by atoms with Gasteiger partial charge in [-0.05, 0) is 55.5 Å². The number of nitrogens with one attached hydrogen (secondary N) is 1. The standard InChI is InChI=1S/C29H22FN5O4/c1-18-13-25(36)27(33-35(18)22-7-3-6-21(30)15-22)28(37)32-23-17-39-26-11-10-19(14-24(26)34(2)29(23)38)8-9-20-5-4-12-31-16-20/h3-7,10-16,23H,17H2,1-2H3,(H,32,37)/t23-/m0/s1. The van der Waals surface area contributed by atoms with Crippen LogP contribution in [0, 0.1) is 24.6 Å². The summed E-state index contributed by atoms with van der Waals surface area (Å²) in [4.78, 5) is 44.4. The minimum atomic E-state index is -1.09. The Hall–Kier alpha value is -5.30. The summed E-state index contributed by atoms with van der Waals surface area (Å²) in [5, 5.41) is 6.71. The smallest absolute Gasteiger partial charge is 0.276 e. The number of hydrogen-bond acceptors (Lipinski definition) is 6. The Morgan fingerprint density at radius 3 is 2.67 bits per heavy atom. The van der Waals surface area contributed by atoms with Crippen LogP contribution in [-0.2, 0) is 4.79 Å². The zero-order valence-electron chi connectivity index (χ0n) is 21.0. The first kappa shape index (κ1) is 25.4. The van der Waals surface area contributed by atoms with E-state index in [1.54, 1.807) is 56.7 Å². The van der Waals surface area contributed by atoms with Crippen LogP contribution in [0.2, 0.25) is 0 Å². The second kappa shape index (κ2) is 10.6. The average Bonchev–Trinajstić information content (AvgIpc) is 3.04. The molecule has 194 valence electrons. The highest BCUT2D eigenvalue weighted by Gasteiger charge is 2.32. The zero-order valence-corrected chi connectivity index (χ0v) is 21.0. The number of pyridine rings is 1. The van der Waals surface area contributed by atoms with Crippen molar-refractivity contribution < 1.29 is 18.7 Å². The number of hydrogen-bond donors (Lipinski definition) is 1. The van der Waals surface area contributed by atoms with Gasteiger partial charge in [0.05, 0.1) is 11.4 Å². The maximum absolute atomic E-state index is 13.8. The molecule has 0 spiro atoms. The molecule has 0 fully saturated rings. The van der Waals surface area contributed by atoms with E-state index < -0.39 is 34.8 Å². The Balaban J connectivity index is 1.37. The van der Waals surface area contributed by atoms with Gasteiger partial charge in [0.1, 0.15) is 24.2 Å². The van der Waals surface area contributed by atoms with Gasteiger partial charge in [0.15, 0.2) is 5.69 Å². The average molecular weight is 524 g/mol. The van der Waals surface area contributed by atoms with E-state index in [0.717, 1.165) is 5.56 Å². The number of aromatic nitrogens is 3. The van der Waals surface area contributed by atoms with Gasteiger partial charge in [-0.3, -0.25) is 19.4 Å². The van der Waals surface area contributed by atoms with Gasteiger partial charge in [-0.25, -0.2) is 9.07 Å². The van der Waals surface area contributed by atoms with Crippen LogP contribution in [0.25, 0.3) is 5.69 Å². The van der Waals surface area contributed by atoms with Crippen molar-refractivity contribution in [1.82, 2.24) is 20.1 Å². The quantitative estimate of drug-likeness (QED) is 0.414. The Morgan fingerprint density at radius 1 is 1.08 bits per heavy atom. The maximum atomic E-state index is 13.8. The fraction of sp³-hybridized carbons (Fsp3) is 0.138. The van der Waals surface area contributed by atoms with Crippen molar-refractivity contribution in [2.24, 2.45) is 0 Å². The second-order valence-electron chi connectivity index (χ2n) is 8.80. The third-order valence-corrected chi connectivity index (χ3v) is 6.05. The first-order chi connectivity index (χ1) is 18.8. The number of amides is 2. The van der Waals surface area contributed by atoms with Crippen molar-refractivity contribution in [3.8, 4) is 23.3 Å². The highest BCUT2D eigenvalue weighted by atomic mass is 19.1. The monoisotopic (exact) mass is 523 g/mol. The lowest BCUT2D eigenvalue weighted by Gasteiger charge is -2.20. The van der Waals surface area contributed by atoms with Gasteiger partial charge in [0.2, 0.25) is 5.43 Å². The molecule has 5 rings (SSSR count). The first-order valence-electron chi connectivity index (χ1n) is 11.9. The Kier molecular flexibility index (Phi) is 6.89. The summed E-state index contributed by atoms with van der Waals surface area (Å²) in [5.41, 5.74) is 1.57. The molecule has 9 nitrogen and oxygen atoms in total. The summed E-state index contributed by atoms with van der Waals surface area (Å²) in [6.45, 7) is 1.46.